The number of carboxylic acids is 1. The molecular weight excluding hydrogens is 555 g/mol. The summed E-state index contributed by atoms with van der Waals surface area (Å²) in [5.41, 5.74) is 1.96. The number of hydrogen-bond acceptors (Lipinski definition) is 7. The molecule has 1 fully saturated rings. The van der Waals surface area contributed by atoms with E-state index < -0.39 is 22.2 Å². The van der Waals surface area contributed by atoms with Gasteiger partial charge in [-0.2, -0.15) is 13.2 Å². The van der Waals surface area contributed by atoms with Crippen LogP contribution in [0, 0.1) is 0 Å². The Hall–Kier alpha value is -3.85. The van der Waals surface area contributed by atoms with E-state index in [4.69, 9.17) is 9.90 Å². The lowest BCUT2D eigenvalue weighted by Gasteiger charge is -2.31. The summed E-state index contributed by atoms with van der Waals surface area (Å²) in [4.78, 5) is 35.1. The standard InChI is InChI=1S/C23H31N5O4S.C2HF3O2/c1-4-22(29)26-18-6-8-19(9-7-18)33(31,32)27-20-15-17(23(30)25-16(2)3)5-10-21(20)28-13-11-24-12-14-28;3-2(4,5)1(6)7/h5-10,15-16,24,27H,4,11-14H2,1-3H3,(H,25,30)(H,26,29);(H,6,7). The average molecular weight is 588 g/mol. The molecular formula is C25H32F3N5O6S. The highest BCUT2D eigenvalue weighted by Crippen LogP contribution is 2.30. The molecule has 5 N–H and O–H groups in total. The maximum Gasteiger partial charge on any atom is 0.490 e. The summed E-state index contributed by atoms with van der Waals surface area (Å²) in [7, 11) is -3.93. The first-order chi connectivity index (χ1) is 18.6. The third-order valence-corrected chi connectivity index (χ3v) is 6.77. The molecule has 0 atom stereocenters. The third kappa shape index (κ3) is 9.72. The summed E-state index contributed by atoms with van der Waals surface area (Å²) < 4.78 is 60.7. The molecule has 2 aromatic carbocycles. The Kier molecular flexibility index (Phi) is 11.3. The lowest BCUT2D eigenvalue weighted by molar-refractivity contribution is -0.192. The van der Waals surface area contributed by atoms with Crippen LogP contribution in [0.3, 0.4) is 0 Å². The molecule has 0 bridgehead atoms. The molecule has 15 heteroatoms. The van der Waals surface area contributed by atoms with Gasteiger partial charge >= 0.3 is 12.1 Å². The fourth-order valence-electron chi connectivity index (χ4n) is 3.46. The van der Waals surface area contributed by atoms with Crippen LogP contribution >= 0.6 is 0 Å². The van der Waals surface area contributed by atoms with Gasteiger partial charge in [0, 0.05) is 49.9 Å². The number of aliphatic carboxylic acids is 1. The molecule has 220 valence electrons. The Labute approximate surface area is 230 Å². The number of benzene rings is 2. The minimum Gasteiger partial charge on any atom is -0.475 e. The Balaban J connectivity index is 0.000000708. The lowest BCUT2D eigenvalue weighted by Crippen LogP contribution is -2.43. The van der Waals surface area contributed by atoms with Crippen LogP contribution in [0.2, 0.25) is 0 Å². The van der Waals surface area contributed by atoms with Gasteiger partial charge in [0.15, 0.2) is 0 Å². The first-order valence-electron chi connectivity index (χ1n) is 12.3. The van der Waals surface area contributed by atoms with E-state index in [0.29, 0.717) is 29.0 Å². The Bertz CT molecular complexity index is 1300. The zero-order valence-electron chi connectivity index (χ0n) is 22.1. The molecule has 0 radical (unpaired) electrons. The molecule has 40 heavy (non-hydrogen) atoms. The van der Waals surface area contributed by atoms with E-state index in [1.165, 1.54) is 12.1 Å². The topological polar surface area (TPSA) is 157 Å². The summed E-state index contributed by atoms with van der Waals surface area (Å²) >= 11 is 0. The number of nitrogens with one attached hydrogen (secondary N) is 4. The smallest absolute Gasteiger partial charge is 0.475 e. The van der Waals surface area contributed by atoms with Crippen molar-refractivity contribution in [2.24, 2.45) is 0 Å². The van der Waals surface area contributed by atoms with Crippen LogP contribution < -0.4 is 25.6 Å². The second kappa shape index (κ2) is 14.0. The number of hydrogen-bond donors (Lipinski definition) is 5. The average Bonchev–Trinajstić information content (AvgIpc) is 2.88. The maximum absolute atomic E-state index is 13.2. The van der Waals surface area contributed by atoms with Gasteiger partial charge in [0.1, 0.15) is 0 Å². The van der Waals surface area contributed by atoms with Crippen LogP contribution in [0.1, 0.15) is 37.6 Å². The fourth-order valence-corrected chi connectivity index (χ4v) is 4.52. The molecule has 3 rings (SSSR count). The molecule has 11 nitrogen and oxygen atoms in total. The molecule has 0 spiro atoms. The monoisotopic (exact) mass is 587 g/mol. The van der Waals surface area contributed by atoms with E-state index in [9.17, 15) is 31.2 Å². The number of carbonyl (C=O) groups excluding carboxylic acids is 2. The number of amides is 2. The second-order valence-electron chi connectivity index (χ2n) is 8.93. The van der Waals surface area contributed by atoms with Gasteiger partial charge in [0.25, 0.3) is 15.9 Å². The first kappa shape index (κ1) is 32.4. The summed E-state index contributed by atoms with van der Waals surface area (Å²) in [6.45, 7) is 8.48. The van der Waals surface area contributed by atoms with Gasteiger partial charge in [-0.05, 0) is 56.3 Å². The van der Waals surface area contributed by atoms with Crippen molar-refractivity contribution in [2.45, 2.75) is 44.3 Å². The number of nitrogens with zero attached hydrogens (tertiary/aromatic N) is 1. The summed E-state index contributed by atoms with van der Waals surface area (Å²) in [5.74, 6) is -3.18. The zero-order chi connectivity index (χ0) is 30.1. The van der Waals surface area contributed by atoms with Gasteiger partial charge in [-0.15, -0.1) is 0 Å². The molecule has 0 aliphatic carbocycles. The molecule has 0 saturated carbocycles. The largest absolute Gasteiger partial charge is 0.490 e. The van der Waals surface area contributed by atoms with Crippen molar-refractivity contribution in [3.05, 3.63) is 48.0 Å². The minimum absolute atomic E-state index is 0.0443. The van der Waals surface area contributed by atoms with Gasteiger partial charge in [-0.1, -0.05) is 6.92 Å². The van der Waals surface area contributed by atoms with E-state index in [1.54, 1.807) is 37.3 Å². The van der Waals surface area contributed by atoms with Gasteiger partial charge < -0.3 is 26.0 Å². The molecule has 1 heterocycles. The van der Waals surface area contributed by atoms with Crippen LogP contribution in [0.25, 0.3) is 0 Å². The first-order valence-corrected chi connectivity index (χ1v) is 13.8. The summed E-state index contributed by atoms with van der Waals surface area (Å²) in [5, 5.41) is 15.9. The molecule has 1 saturated heterocycles. The number of carboxylic acid groups (broad SMARTS) is 1. The molecule has 1 aliphatic rings. The molecule has 2 aromatic rings. The highest BCUT2D eigenvalue weighted by molar-refractivity contribution is 7.92. The third-order valence-electron chi connectivity index (χ3n) is 5.39. The number of carbonyl (C=O) groups is 3. The Morgan fingerprint density at radius 1 is 1.05 bits per heavy atom. The Morgan fingerprint density at radius 2 is 1.62 bits per heavy atom. The van der Waals surface area contributed by atoms with Gasteiger partial charge in [0.05, 0.1) is 16.3 Å². The minimum atomic E-state index is -5.08. The quantitative estimate of drug-likeness (QED) is 0.316. The normalized spacial score (nSPS) is 13.6. The number of anilines is 3. The van der Waals surface area contributed by atoms with E-state index >= 15 is 0 Å². The number of halogens is 3. The number of piperazine rings is 1. The number of alkyl halides is 3. The Morgan fingerprint density at radius 3 is 2.12 bits per heavy atom. The van der Waals surface area contributed by atoms with Crippen LogP contribution in [0.4, 0.5) is 30.2 Å². The van der Waals surface area contributed by atoms with Crippen LogP contribution in [0.5, 0.6) is 0 Å². The molecule has 2 amide bonds. The van der Waals surface area contributed by atoms with Crippen molar-refractivity contribution in [2.75, 3.05) is 41.1 Å². The molecule has 1 aliphatic heterocycles. The van der Waals surface area contributed by atoms with Gasteiger partial charge in [-0.3, -0.25) is 14.3 Å². The summed E-state index contributed by atoms with van der Waals surface area (Å²) in [6, 6.07) is 11.0. The van der Waals surface area contributed by atoms with Crippen molar-refractivity contribution < 1.29 is 41.1 Å². The highest BCUT2D eigenvalue weighted by atomic mass is 32.2. The van der Waals surface area contributed by atoms with Crippen molar-refractivity contribution in [3.8, 4) is 0 Å². The lowest BCUT2D eigenvalue weighted by atomic mass is 10.1. The number of rotatable bonds is 8. The predicted molar refractivity (Wildman–Crippen MR) is 144 cm³/mol. The molecule has 0 unspecified atom stereocenters. The second-order valence-corrected chi connectivity index (χ2v) is 10.6. The van der Waals surface area contributed by atoms with Crippen LogP contribution in [-0.4, -0.2) is 69.7 Å². The van der Waals surface area contributed by atoms with Crippen molar-refractivity contribution in [1.29, 1.82) is 0 Å². The van der Waals surface area contributed by atoms with Crippen molar-refractivity contribution >= 4 is 44.9 Å². The van der Waals surface area contributed by atoms with E-state index in [-0.39, 0.29) is 22.8 Å². The predicted octanol–water partition coefficient (Wildman–Crippen LogP) is 3.02. The highest BCUT2D eigenvalue weighted by Gasteiger charge is 2.38. The van der Waals surface area contributed by atoms with E-state index in [2.05, 4.69) is 25.6 Å². The van der Waals surface area contributed by atoms with Gasteiger partial charge in [-0.25, -0.2) is 13.2 Å². The van der Waals surface area contributed by atoms with Crippen LogP contribution in [-0.2, 0) is 19.6 Å². The number of sulfonamides is 1. The fraction of sp³-hybridized carbons (Fsp3) is 0.400. The van der Waals surface area contributed by atoms with Gasteiger partial charge in [0.2, 0.25) is 5.91 Å². The zero-order valence-corrected chi connectivity index (χ0v) is 22.9. The van der Waals surface area contributed by atoms with Crippen LogP contribution in [0.15, 0.2) is 47.4 Å². The van der Waals surface area contributed by atoms with E-state index in [1.807, 2.05) is 13.8 Å². The van der Waals surface area contributed by atoms with E-state index in [0.717, 1.165) is 26.2 Å². The summed E-state index contributed by atoms with van der Waals surface area (Å²) in [6.07, 6.45) is -4.75. The molecule has 0 aromatic heterocycles. The van der Waals surface area contributed by atoms with Crippen molar-refractivity contribution in [1.82, 2.24) is 10.6 Å². The van der Waals surface area contributed by atoms with Crippen molar-refractivity contribution in [3.63, 3.8) is 0 Å². The maximum atomic E-state index is 13.2. The SMILES string of the molecule is CCC(=O)Nc1ccc(S(=O)(=O)Nc2cc(C(=O)NC(C)C)ccc2N2CCNCC2)cc1.O=C(O)C(F)(F)F.